The van der Waals surface area contributed by atoms with Crippen molar-refractivity contribution >= 4 is 11.8 Å². The highest BCUT2D eigenvalue weighted by Crippen LogP contribution is 2.39. The second-order valence-electron chi connectivity index (χ2n) is 6.83. The number of benzene rings is 1. The minimum atomic E-state index is -0.377. The second-order valence-corrected chi connectivity index (χ2v) is 6.83. The highest BCUT2D eigenvalue weighted by Gasteiger charge is 2.41. The third-order valence-corrected chi connectivity index (χ3v) is 4.90. The fourth-order valence-electron chi connectivity index (χ4n) is 4.00. The van der Waals surface area contributed by atoms with E-state index >= 15 is 0 Å². The van der Waals surface area contributed by atoms with Gasteiger partial charge >= 0.3 is 0 Å². The van der Waals surface area contributed by atoms with E-state index in [1.54, 1.807) is 0 Å². The molecule has 0 fully saturated rings. The van der Waals surface area contributed by atoms with Crippen molar-refractivity contribution in [3.8, 4) is 11.5 Å². The van der Waals surface area contributed by atoms with Crippen LogP contribution in [0.4, 0.5) is 0 Å². The van der Waals surface area contributed by atoms with Gasteiger partial charge in [0.15, 0.2) is 11.5 Å². The summed E-state index contributed by atoms with van der Waals surface area (Å²) < 4.78 is 0. The average molecular weight is 333 g/mol. The van der Waals surface area contributed by atoms with Crippen molar-refractivity contribution in [2.24, 2.45) is 5.41 Å². The highest BCUT2D eigenvalue weighted by molar-refractivity contribution is 6.21. The molecule has 2 rings (SSSR count). The first-order chi connectivity index (χ1) is 11.4. The Morgan fingerprint density at radius 3 is 1.54 bits per heavy atom. The van der Waals surface area contributed by atoms with Crippen LogP contribution in [0.2, 0.25) is 0 Å². The van der Waals surface area contributed by atoms with Crippen LogP contribution in [0.3, 0.4) is 0 Å². The lowest BCUT2D eigenvalue weighted by molar-refractivity contribution is 0.0527. The van der Waals surface area contributed by atoms with Crippen LogP contribution in [0.5, 0.6) is 11.5 Å². The molecule has 1 aromatic carbocycles. The number of aromatic hydroxyl groups is 2. The number of phenols is 2. The summed E-state index contributed by atoms with van der Waals surface area (Å²) in [6.07, 6.45) is 5.93. The van der Waals surface area contributed by atoms with Crippen molar-refractivity contribution < 1.29 is 19.8 Å². The normalized spacial score (nSPS) is 14.4. The molecule has 1 aromatic rings. The molecule has 0 radical (unpaired) electrons. The van der Waals surface area contributed by atoms with Crippen molar-refractivity contribution in [3.63, 3.8) is 0 Å². The number of amides is 2. The Balaban J connectivity index is 2.35. The van der Waals surface area contributed by atoms with Gasteiger partial charge in [-0.2, -0.15) is 0 Å². The molecular weight excluding hydrogens is 306 g/mol. The molecular formula is C19H27NO4. The molecule has 0 saturated heterocycles. The van der Waals surface area contributed by atoms with Gasteiger partial charge in [0.05, 0.1) is 11.1 Å². The molecule has 0 saturated carbocycles. The van der Waals surface area contributed by atoms with Gasteiger partial charge in [-0.3, -0.25) is 14.5 Å². The Bertz CT molecular complexity index is 580. The number of nitrogens with zero attached hydrogens (tertiary/aromatic N) is 1. The standard InChI is InChI=1S/C19H27NO4/c1-4-7-19(8-5-2,9-6-3)12-20-17(23)13-10-15(21)16(22)11-14(13)18(20)24/h10-11,21-22H,4-9,12H2,1-3H3. The van der Waals surface area contributed by atoms with E-state index in [9.17, 15) is 19.8 Å². The highest BCUT2D eigenvalue weighted by atomic mass is 16.3. The maximum atomic E-state index is 12.7. The van der Waals surface area contributed by atoms with Crippen LogP contribution >= 0.6 is 0 Å². The van der Waals surface area contributed by atoms with Gasteiger partial charge in [-0.1, -0.05) is 40.0 Å². The number of phenolic OH excluding ortho intramolecular Hbond substituents is 2. The Labute approximate surface area is 143 Å². The molecule has 0 aliphatic carbocycles. The minimum Gasteiger partial charge on any atom is -0.504 e. The molecule has 0 unspecified atom stereocenters. The molecule has 2 amide bonds. The largest absolute Gasteiger partial charge is 0.504 e. The van der Waals surface area contributed by atoms with Gasteiger partial charge in [-0.05, 0) is 36.8 Å². The fourth-order valence-corrected chi connectivity index (χ4v) is 4.00. The van der Waals surface area contributed by atoms with Crippen LogP contribution in [0, 0.1) is 5.41 Å². The summed E-state index contributed by atoms with van der Waals surface area (Å²) in [7, 11) is 0. The van der Waals surface area contributed by atoms with Crippen molar-refractivity contribution in [2.45, 2.75) is 59.3 Å². The van der Waals surface area contributed by atoms with E-state index in [4.69, 9.17) is 0 Å². The zero-order valence-corrected chi connectivity index (χ0v) is 14.8. The third kappa shape index (κ3) is 3.25. The van der Waals surface area contributed by atoms with Gasteiger partial charge in [0.25, 0.3) is 11.8 Å². The van der Waals surface area contributed by atoms with Crippen molar-refractivity contribution in [1.82, 2.24) is 4.90 Å². The number of carbonyl (C=O) groups is 2. The maximum Gasteiger partial charge on any atom is 0.261 e. The lowest BCUT2D eigenvalue weighted by Gasteiger charge is -2.36. The predicted molar refractivity (Wildman–Crippen MR) is 92.3 cm³/mol. The number of imide groups is 1. The number of hydrogen-bond acceptors (Lipinski definition) is 4. The molecule has 1 aliphatic heterocycles. The summed E-state index contributed by atoms with van der Waals surface area (Å²) in [5, 5.41) is 19.3. The number of carbonyl (C=O) groups excluding carboxylic acids is 2. The summed E-state index contributed by atoms with van der Waals surface area (Å²) in [6.45, 7) is 6.77. The number of rotatable bonds is 8. The van der Waals surface area contributed by atoms with E-state index in [2.05, 4.69) is 20.8 Å². The van der Waals surface area contributed by atoms with Crippen molar-refractivity contribution in [2.75, 3.05) is 6.54 Å². The summed E-state index contributed by atoms with van der Waals surface area (Å²) in [5.41, 5.74) is 0.290. The molecule has 24 heavy (non-hydrogen) atoms. The molecule has 0 aromatic heterocycles. The van der Waals surface area contributed by atoms with E-state index in [0.29, 0.717) is 6.54 Å². The van der Waals surface area contributed by atoms with Crippen molar-refractivity contribution in [1.29, 1.82) is 0 Å². The van der Waals surface area contributed by atoms with Gasteiger partial charge in [0.1, 0.15) is 0 Å². The molecule has 5 heteroatoms. The molecule has 5 nitrogen and oxygen atoms in total. The second kappa shape index (κ2) is 7.24. The van der Waals surface area contributed by atoms with Crippen molar-refractivity contribution in [3.05, 3.63) is 23.3 Å². The molecule has 1 heterocycles. The summed E-state index contributed by atoms with van der Waals surface area (Å²) in [4.78, 5) is 26.6. The van der Waals surface area contributed by atoms with Gasteiger partial charge in [0.2, 0.25) is 0 Å². The van der Waals surface area contributed by atoms with Gasteiger partial charge in [0, 0.05) is 6.54 Å². The third-order valence-electron chi connectivity index (χ3n) is 4.90. The minimum absolute atomic E-state index is 0.0598. The first-order valence-electron chi connectivity index (χ1n) is 8.81. The average Bonchev–Trinajstić information content (AvgIpc) is 2.74. The summed E-state index contributed by atoms with van der Waals surface area (Å²) >= 11 is 0. The Hall–Kier alpha value is -2.04. The summed E-state index contributed by atoms with van der Waals surface area (Å²) in [5.74, 6) is -1.51. The van der Waals surface area contributed by atoms with Crippen LogP contribution in [0.25, 0.3) is 0 Å². The van der Waals surface area contributed by atoms with Crippen LogP contribution in [-0.4, -0.2) is 33.5 Å². The SMILES string of the molecule is CCCC(CCC)(CCC)CN1C(=O)c2cc(O)c(O)cc2C1=O. The molecule has 132 valence electrons. The Morgan fingerprint density at radius 2 is 1.21 bits per heavy atom. The van der Waals surface area contributed by atoms with E-state index in [1.807, 2.05) is 0 Å². The zero-order valence-electron chi connectivity index (χ0n) is 14.8. The topological polar surface area (TPSA) is 77.8 Å². The van der Waals surface area contributed by atoms with Crippen LogP contribution in [0.15, 0.2) is 12.1 Å². The zero-order chi connectivity index (χ0) is 17.9. The van der Waals surface area contributed by atoms with E-state index < -0.39 is 0 Å². The molecule has 0 spiro atoms. The van der Waals surface area contributed by atoms with E-state index in [1.165, 1.54) is 17.0 Å². The number of fused-ring (bicyclic) bond motifs is 1. The van der Waals surface area contributed by atoms with Gasteiger partial charge < -0.3 is 10.2 Å². The van der Waals surface area contributed by atoms with Gasteiger partial charge in [-0.15, -0.1) is 0 Å². The Kier molecular flexibility index (Phi) is 5.52. The summed E-state index contributed by atoms with van der Waals surface area (Å²) in [6, 6.07) is 2.37. The molecule has 0 bridgehead atoms. The van der Waals surface area contributed by atoms with E-state index in [-0.39, 0.29) is 39.9 Å². The van der Waals surface area contributed by atoms with Gasteiger partial charge in [-0.25, -0.2) is 0 Å². The monoisotopic (exact) mass is 333 g/mol. The van der Waals surface area contributed by atoms with Crippen LogP contribution in [0.1, 0.15) is 80.0 Å². The molecule has 2 N–H and O–H groups in total. The quantitative estimate of drug-likeness (QED) is 0.555. The first kappa shape index (κ1) is 18.3. The lowest BCUT2D eigenvalue weighted by atomic mass is 9.75. The fraction of sp³-hybridized carbons (Fsp3) is 0.579. The maximum absolute atomic E-state index is 12.7. The predicted octanol–water partition coefficient (Wildman–Crippen LogP) is 4.08. The smallest absolute Gasteiger partial charge is 0.261 e. The van der Waals surface area contributed by atoms with Crippen LogP contribution < -0.4 is 0 Å². The molecule has 0 atom stereocenters. The van der Waals surface area contributed by atoms with Crippen LogP contribution in [-0.2, 0) is 0 Å². The lowest BCUT2D eigenvalue weighted by Crippen LogP contribution is -2.41. The number of hydrogen-bond donors (Lipinski definition) is 2. The molecule has 1 aliphatic rings. The Morgan fingerprint density at radius 1 is 0.833 bits per heavy atom. The first-order valence-corrected chi connectivity index (χ1v) is 8.81. The van der Waals surface area contributed by atoms with E-state index in [0.717, 1.165) is 38.5 Å².